The van der Waals surface area contributed by atoms with Gasteiger partial charge in [0.05, 0.1) is 18.4 Å². The van der Waals surface area contributed by atoms with E-state index in [1.165, 1.54) is 0 Å². The van der Waals surface area contributed by atoms with E-state index in [1.807, 2.05) is 50.3 Å². The van der Waals surface area contributed by atoms with Gasteiger partial charge in [0.1, 0.15) is 5.75 Å². The molecule has 1 aromatic heterocycles. The van der Waals surface area contributed by atoms with Gasteiger partial charge < -0.3 is 19.9 Å². The molecule has 0 saturated heterocycles. The maximum Gasteiger partial charge on any atom is 0.458 e. The third kappa shape index (κ3) is 5.27. The first kappa shape index (κ1) is 22.0. The highest BCUT2D eigenvalue weighted by molar-refractivity contribution is 6.43. The third-order valence-electron chi connectivity index (χ3n) is 5.33. The molecule has 2 heterocycles. The summed E-state index contributed by atoms with van der Waals surface area (Å²) in [6, 6.07) is 9.69. The van der Waals surface area contributed by atoms with E-state index in [1.54, 1.807) is 6.20 Å². The van der Waals surface area contributed by atoms with Gasteiger partial charge in [0.15, 0.2) is 0 Å². The van der Waals surface area contributed by atoms with Crippen LogP contribution in [0, 0.1) is 13.8 Å². The van der Waals surface area contributed by atoms with Crippen LogP contribution >= 0.6 is 0 Å². The van der Waals surface area contributed by atoms with Gasteiger partial charge in [-0.05, 0) is 90.4 Å². The number of aromatic hydroxyl groups is 1. The SMILES string of the molecule is C=C(CO)C1=CCB(O)OC1CC/C(=C/c1cc(C)c(O)c(C)c1)c1ccccn1. The van der Waals surface area contributed by atoms with E-state index in [4.69, 9.17) is 4.65 Å². The fourth-order valence-corrected chi connectivity index (χ4v) is 3.75. The molecule has 0 saturated carbocycles. The first-order valence-corrected chi connectivity index (χ1v) is 10.1. The fourth-order valence-electron chi connectivity index (χ4n) is 3.75. The minimum absolute atomic E-state index is 0.142. The van der Waals surface area contributed by atoms with Crippen LogP contribution in [0.2, 0.25) is 6.32 Å². The molecule has 0 radical (unpaired) electrons. The van der Waals surface area contributed by atoms with Crippen molar-refractivity contribution in [2.24, 2.45) is 0 Å². The lowest BCUT2D eigenvalue weighted by molar-refractivity contribution is 0.182. The number of benzene rings is 1. The summed E-state index contributed by atoms with van der Waals surface area (Å²) in [4.78, 5) is 4.51. The van der Waals surface area contributed by atoms with Crippen LogP contribution in [0.4, 0.5) is 0 Å². The van der Waals surface area contributed by atoms with Gasteiger partial charge in [-0.1, -0.05) is 18.7 Å². The van der Waals surface area contributed by atoms with Crippen molar-refractivity contribution in [3.8, 4) is 5.75 Å². The molecule has 156 valence electrons. The van der Waals surface area contributed by atoms with Crippen LogP contribution in [0.15, 0.2) is 60.3 Å². The first-order chi connectivity index (χ1) is 14.4. The van der Waals surface area contributed by atoms with Crippen LogP contribution < -0.4 is 0 Å². The number of aliphatic hydroxyl groups is 1. The summed E-state index contributed by atoms with van der Waals surface area (Å²) >= 11 is 0. The second-order valence-electron chi connectivity index (χ2n) is 7.66. The van der Waals surface area contributed by atoms with Crippen LogP contribution in [-0.2, 0) is 4.65 Å². The zero-order chi connectivity index (χ0) is 21.7. The smallest absolute Gasteiger partial charge is 0.458 e. The monoisotopic (exact) mass is 405 g/mol. The molecule has 1 atom stereocenters. The molecule has 1 aliphatic heterocycles. The Hall–Kier alpha value is -2.67. The summed E-state index contributed by atoms with van der Waals surface area (Å²) in [6.07, 6.45) is 7.04. The van der Waals surface area contributed by atoms with Crippen molar-refractivity contribution in [3.05, 3.63) is 82.7 Å². The summed E-state index contributed by atoms with van der Waals surface area (Å²) in [6.45, 7) is 7.55. The lowest BCUT2D eigenvalue weighted by Gasteiger charge is -2.28. The number of hydrogen-bond donors (Lipinski definition) is 3. The topological polar surface area (TPSA) is 82.8 Å². The molecule has 0 fully saturated rings. The number of aromatic nitrogens is 1. The molecular formula is C24H28BNO4. The van der Waals surface area contributed by atoms with E-state index in [2.05, 4.69) is 17.6 Å². The van der Waals surface area contributed by atoms with Gasteiger partial charge in [0.25, 0.3) is 0 Å². The highest BCUT2D eigenvalue weighted by Gasteiger charge is 2.28. The maximum absolute atomic E-state index is 10.1. The minimum atomic E-state index is -0.852. The number of aliphatic hydroxyl groups excluding tert-OH is 1. The number of allylic oxidation sites excluding steroid dienone is 2. The van der Waals surface area contributed by atoms with Gasteiger partial charge in [-0.3, -0.25) is 4.98 Å². The van der Waals surface area contributed by atoms with Crippen molar-refractivity contribution in [2.45, 2.75) is 39.1 Å². The normalized spacial score (nSPS) is 17.1. The zero-order valence-electron chi connectivity index (χ0n) is 17.5. The number of nitrogens with zero attached hydrogens (tertiary/aromatic N) is 1. The second kappa shape index (κ2) is 9.89. The third-order valence-corrected chi connectivity index (χ3v) is 5.33. The van der Waals surface area contributed by atoms with E-state index in [0.717, 1.165) is 33.5 Å². The largest absolute Gasteiger partial charge is 0.507 e. The second-order valence-corrected chi connectivity index (χ2v) is 7.66. The first-order valence-electron chi connectivity index (χ1n) is 10.1. The Morgan fingerprint density at radius 1 is 1.30 bits per heavy atom. The standard InChI is InChI=1S/C24H28BNO4/c1-16-12-19(13-17(2)24(16)28)14-20(22-6-4-5-11-26-22)7-8-23-21(18(3)15-27)9-10-25(29)30-23/h4-6,9,11-14,23,27-29H,3,7-8,10,15H2,1-2H3/b20-14-. The van der Waals surface area contributed by atoms with Crippen molar-refractivity contribution < 1.29 is 19.9 Å². The van der Waals surface area contributed by atoms with Crippen LogP contribution in [0.5, 0.6) is 5.75 Å². The highest BCUT2D eigenvalue weighted by atomic mass is 16.5. The Morgan fingerprint density at radius 3 is 2.67 bits per heavy atom. The van der Waals surface area contributed by atoms with Gasteiger partial charge in [0, 0.05) is 12.5 Å². The number of phenols is 1. The molecule has 3 N–H and O–H groups in total. The summed E-state index contributed by atoms with van der Waals surface area (Å²) in [5.74, 6) is 0.313. The minimum Gasteiger partial charge on any atom is -0.507 e. The Kier molecular flexibility index (Phi) is 7.26. The average Bonchev–Trinajstić information content (AvgIpc) is 2.75. The number of rotatable bonds is 7. The van der Waals surface area contributed by atoms with E-state index in [0.29, 0.717) is 30.5 Å². The quantitative estimate of drug-likeness (QED) is 0.605. The number of pyridine rings is 1. The Balaban J connectivity index is 1.90. The van der Waals surface area contributed by atoms with Gasteiger partial charge in [-0.2, -0.15) is 0 Å². The Morgan fingerprint density at radius 2 is 2.03 bits per heavy atom. The number of phenolic OH excluding ortho intramolecular Hbond substituents is 1. The van der Waals surface area contributed by atoms with Crippen LogP contribution in [-0.4, -0.2) is 40.1 Å². The van der Waals surface area contributed by atoms with Crippen molar-refractivity contribution in [1.29, 1.82) is 0 Å². The van der Waals surface area contributed by atoms with Crippen molar-refractivity contribution in [2.75, 3.05) is 6.61 Å². The summed E-state index contributed by atoms with van der Waals surface area (Å²) in [7, 11) is -0.852. The molecule has 3 rings (SSSR count). The molecule has 1 aliphatic rings. The highest BCUT2D eigenvalue weighted by Crippen LogP contribution is 2.31. The van der Waals surface area contributed by atoms with Gasteiger partial charge >= 0.3 is 7.12 Å². The van der Waals surface area contributed by atoms with Crippen molar-refractivity contribution >= 4 is 18.8 Å². The van der Waals surface area contributed by atoms with Gasteiger partial charge in [-0.15, -0.1) is 0 Å². The van der Waals surface area contributed by atoms with Crippen LogP contribution in [0.25, 0.3) is 11.6 Å². The van der Waals surface area contributed by atoms with Crippen molar-refractivity contribution in [1.82, 2.24) is 4.98 Å². The van der Waals surface area contributed by atoms with Crippen molar-refractivity contribution in [3.63, 3.8) is 0 Å². The van der Waals surface area contributed by atoms with E-state index in [-0.39, 0.29) is 12.7 Å². The van der Waals surface area contributed by atoms with Gasteiger partial charge in [0.2, 0.25) is 0 Å². The molecule has 30 heavy (non-hydrogen) atoms. The Bertz CT molecular complexity index is 945. The predicted octanol–water partition coefficient (Wildman–Crippen LogP) is 4.08. The molecule has 1 aromatic carbocycles. The lowest BCUT2D eigenvalue weighted by Crippen LogP contribution is -2.32. The van der Waals surface area contributed by atoms with Crippen LogP contribution in [0.1, 0.15) is 35.2 Å². The molecule has 0 aliphatic carbocycles. The summed E-state index contributed by atoms with van der Waals surface area (Å²) in [5.41, 5.74) is 5.99. The molecule has 1 unspecified atom stereocenters. The van der Waals surface area contributed by atoms with E-state index in [9.17, 15) is 15.2 Å². The maximum atomic E-state index is 10.1. The molecule has 0 bridgehead atoms. The molecule has 6 heteroatoms. The molecule has 5 nitrogen and oxygen atoms in total. The van der Waals surface area contributed by atoms with E-state index >= 15 is 0 Å². The Labute approximate surface area is 178 Å². The predicted molar refractivity (Wildman–Crippen MR) is 121 cm³/mol. The number of hydrogen-bond acceptors (Lipinski definition) is 5. The summed E-state index contributed by atoms with van der Waals surface area (Å²) in [5, 5.41) is 29.5. The molecular weight excluding hydrogens is 377 g/mol. The van der Waals surface area contributed by atoms with Crippen LogP contribution in [0.3, 0.4) is 0 Å². The van der Waals surface area contributed by atoms with E-state index < -0.39 is 7.12 Å². The molecule has 0 amide bonds. The molecule has 2 aromatic rings. The summed E-state index contributed by atoms with van der Waals surface area (Å²) < 4.78 is 5.75. The lowest BCUT2D eigenvalue weighted by atomic mass is 9.78. The molecule has 0 spiro atoms. The zero-order valence-corrected chi connectivity index (χ0v) is 17.5. The average molecular weight is 405 g/mol. The number of aryl methyl sites for hydroxylation is 2. The fraction of sp³-hybridized carbons (Fsp3) is 0.292. The van der Waals surface area contributed by atoms with Gasteiger partial charge in [-0.25, -0.2) is 0 Å².